The molecule has 0 bridgehead atoms. The van der Waals surface area contributed by atoms with E-state index in [0.717, 1.165) is 43.3 Å². The van der Waals surface area contributed by atoms with Crippen LogP contribution in [-0.4, -0.2) is 40.3 Å². The Morgan fingerprint density at radius 3 is 2.41 bits per heavy atom. The van der Waals surface area contributed by atoms with Crippen molar-refractivity contribution in [3.8, 4) is 0 Å². The van der Waals surface area contributed by atoms with E-state index >= 15 is 0 Å². The van der Waals surface area contributed by atoms with Gasteiger partial charge in [-0.2, -0.15) is 0 Å². The van der Waals surface area contributed by atoms with Gasteiger partial charge in [0.2, 0.25) is 5.91 Å². The third-order valence-electron chi connectivity index (χ3n) is 6.45. The van der Waals surface area contributed by atoms with Gasteiger partial charge in [-0.25, -0.2) is 0 Å². The fourth-order valence-corrected chi connectivity index (χ4v) is 4.16. The number of carbonyl (C=O) groups is 2. The van der Waals surface area contributed by atoms with Crippen molar-refractivity contribution in [3.05, 3.63) is 35.0 Å². The molecular formula is C22H31N3O2. The summed E-state index contributed by atoms with van der Waals surface area (Å²) in [5.41, 5.74) is 3.77. The number of nitrogens with one attached hydrogen (secondary N) is 2. The van der Waals surface area contributed by atoms with Gasteiger partial charge in [-0.05, 0) is 75.3 Å². The molecule has 0 aliphatic carbocycles. The molecule has 0 saturated carbocycles. The van der Waals surface area contributed by atoms with E-state index in [1.165, 1.54) is 11.1 Å². The van der Waals surface area contributed by atoms with Gasteiger partial charge < -0.3 is 15.2 Å². The normalized spacial score (nSPS) is 17.7. The Labute approximate surface area is 161 Å². The first-order valence-electron chi connectivity index (χ1n) is 9.91. The van der Waals surface area contributed by atoms with Crippen molar-refractivity contribution >= 4 is 22.7 Å². The van der Waals surface area contributed by atoms with E-state index in [4.69, 9.17) is 0 Å². The van der Waals surface area contributed by atoms with Gasteiger partial charge in [0.25, 0.3) is 5.91 Å². The van der Waals surface area contributed by atoms with Crippen LogP contribution >= 0.6 is 0 Å². The molecule has 146 valence electrons. The number of hydrogen-bond donors (Lipinski definition) is 2. The first-order chi connectivity index (χ1) is 12.7. The molecule has 1 aromatic heterocycles. The van der Waals surface area contributed by atoms with Crippen molar-refractivity contribution < 1.29 is 9.59 Å². The number of hydrogen-bond acceptors (Lipinski definition) is 2. The monoisotopic (exact) mass is 369 g/mol. The summed E-state index contributed by atoms with van der Waals surface area (Å²) >= 11 is 0. The topological polar surface area (TPSA) is 65.2 Å². The van der Waals surface area contributed by atoms with Crippen molar-refractivity contribution in [2.45, 2.75) is 59.4 Å². The highest BCUT2D eigenvalue weighted by Crippen LogP contribution is 2.31. The largest absolute Gasteiger partial charge is 0.351 e. The van der Waals surface area contributed by atoms with Crippen LogP contribution in [0.5, 0.6) is 0 Å². The number of aromatic amines is 1. The standard InChI is InChI=1S/C22H31N3O2/c1-6-22(5,18-7-9-25(10-8-18)16(4)26)24-21(27)20-13-17-11-14(2)15(3)12-19(17)23-20/h11-13,18,23H,6-10H2,1-5H3,(H,24,27). The average molecular weight is 370 g/mol. The Kier molecular flexibility index (Phi) is 5.31. The summed E-state index contributed by atoms with van der Waals surface area (Å²) in [5.74, 6) is 0.454. The van der Waals surface area contributed by atoms with Gasteiger partial charge in [0.05, 0.1) is 0 Å². The first kappa shape index (κ1) is 19.5. The third kappa shape index (κ3) is 3.87. The summed E-state index contributed by atoms with van der Waals surface area (Å²) in [6.45, 7) is 11.6. The second-order valence-corrected chi connectivity index (χ2v) is 8.21. The summed E-state index contributed by atoms with van der Waals surface area (Å²) in [4.78, 5) is 29.7. The first-order valence-corrected chi connectivity index (χ1v) is 9.91. The van der Waals surface area contributed by atoms with Crippen LogP contribution in [0.15, 0.2) is 18.2 Å². The molecule has 5 nitrogen and oxygen atoms in total. The van der Waals surface area contributed by atoms with Crippen molar-refractivity contribution in [2.24, 2.45) is 5.92 Å². The predicted molar refractivity (Wildman–Crippen MR) is 109 cm³/mol. The number of fused-ring (bicyclic) bond motifs is 1. The van der Waals surface area contributed by atoms with E-state index in [0.29, 0.717) is 11.6 Å². The number of likely N-dealkylation sites (tertiary alicyclic amines) is 1. The Bertz CT molecular complexity index is 823. The molecule has 1 aromatic carbocycles. The molecular weight excluding hydrogens is 338 g/mol. The Balaban J connectivity index is 1.75. The van der Waals surface area contributed by atoms with Gasteiger partial charge in [0.1, 0.15) is 5.69 Å². The van der Waals surface area contributed by atoms with Gasteiger partial charge >= 0.3 is 0 Å². The van der Waals surface area contributed by atoms with Crippen LogP contribution < -0.4 is 5.32 Å². The lowest BCUT2D eigenvalue weighted by atomic mass is 9.77. The highest BCUT2D eigenvalue weighted by atomic mass is 16.2. The van der Waals surface area contributed by atoms with Gasteiger partial charge in [0, 0.05) is 36.5 Å². The minimum Gasteiger partial charge on any atom is -0.351 e. The van der Waals surface area contributed by atoms with E-state index in [2.05, 4.69) is 50.1 Å². The van der Waals surface area contributed by atoms with Crippen molar-refractivity contribution in [1.29, 1.82) is 0 Å². The lowest BCUT2D eigenvalue weighted by molar-refractivity contribution is -0.130. The molecule has 0 spiro atoms. The number of aromatic nitrogens is 1. The summed E-state index contributed by atoms with van der Waals surface area (Å²) < 4.78 is 0. The van der Waals surface area contributed by atoms with E-state index in [1.807, 2.05) is 11.0 Å². The summed E-state index contributed by atoms with van der Waals surface area (Å²) in [7, 11) is 0. The Morgan fingerprint density at radius 1 is 1.19 bits per heavy atom. The number of piperidine rings is 1. The highest BCUT2D eigenvalue weighted by Gasteiger charge is 2.37. The number of carbonyl (C=O) groups excluding carboxylic acids is 2. The molecule has 2 amide bonds. The molecule has 5 heteroatoms. The molecule has 1 atom stereocenters. The van der Waals surface area contributed by atoms with Gasteiger partial charge in [-0.1, -0.05) is 6.92 Å². The average Bonchev–Trinajstić information content (AvgIpc) is 3.05. The second-order valence-electron chi connectivity index (χ2n) is 8.21. The lowest BCUT2D eigenvalue weighted by Crippen LogP contribution is -2.54. The molecule has 1 unspecified atom stereocenters. The van der Waals surface area contributed by atoms with E-state index in [9.17, 15) is 9.59 Å². The van der Waals surface area contributed by atoms with Crippen LogP contribution in [0.3, 0.4) is 0 Å². The fourth-order valence-electron chi connectivity index (χ4n) is 4.16. The minimum atomic E-state index is -0.275. The second kappa shape index (κ2) is 7.37. The smallest absolute Gasteiger partial charge is 0.268 e. The molecule has 3 rings (SSSR count). The Hall–Kier alpha value is -2.30. The summed E-state index contributed by atoms with van der Waals surface area (Å²) in [6, 6.07) is 6.15. The summed E-state index contributed by atoms with van der Waals surface area (Å²) in [6.07, 6.45) is 2.71. The lowest BCUT2D eigenvalue weighted by Gasteiger charge is -2.42. The molecule has 2 N–H and O–H groups in total. The maximum absolute atomic E-state index is 13.0. The number of nitrogens with zero attached hydrogens (tertiary/aromatic N) is 1. The number of H-pyrrole nitrogens is 1. The highest BCUT2D eigenvalue weighted by molar-refractivity contribution is 5.98. The van der Waals surface area contributed by atoms with Gasteiger partial charge in [0.15, 0.2) is 0 Å². The number of aryl methyl sites for hydroxylation is 2. The molecule has 1 fully saturated rings. The molecule has 0 radical (unpaired) electrons. The van der Waals surface area contributed by atoms with Crippen LogP contribution in [0.4, 0.5) is 0 Å². The van der Waals surface area contributed by atoms with E-state index in [1.54, 1.807) is 6.92 Å². The molecule has 1 saturated heterocycles. The fraction of sp³-hybridized carbons (Fsp3) is 0.545. The molecule has 27 heavy (non-hydrogen) atoms. The van der Waals surface area contributed by atoms with E-state index < -0.39 is 0 Å². The molecule has 2 aromatic rings. The third-order valence-corrected chi connectivity index (χ3v) is 6.45. The summed E-state index contributed by atoms with van der Waals surface area (Å²) in [5, 5.41) is 4.36. The van der Waals surface area contributed by atoms with Crippen LogP contribution in [-0.2, 0) is 4.79 Å². The minimum absolute atomic E-state index is 0.0557. The quantitative estimate of drug-likeness (QED) is 0.857. The maximum atomic E-state index is 13.0. The SMILES string of the molecule is CCC(C)(NC(=O)c1cc2cc(C)c(C)cc2[nH]1)C1CCN(C(C)=O)CC1. The number of rotatable bonds is 4. The zero-order valence-corrected chi connectivity index (χ0v) is 17.1. The van der Waals surface area contributed by atoms with E-state index in [-0.39, 0.29) is 17.4 Å². The zero-order valence-electron chi connectivity index (χ0n) is 17.1. The van der Waals surface area contributed by atoms with Crippen molar-refractivity contribution in [1.82, 2.24) is 15.2 Å². The van der Waals surface area contributed by atoms with Crippen molar-refractivity contribution in [2.75, 3.05) is 13.1 Å². The molecule has 1 aliphatic heterocycles. The Morgan fingerprint density at radius 2 is 1.81 bits per heavy atom. The van der Waals surface area contributed by atoms with Crippen LogP contribution in [0.1, 0.15) is 61.6 Å². The van der Waals surface area contributed by atoms with Crippen LogP contribution in [0, 0.1) is 19.8 Å². The maximum Gasteiger partial charge on any atom is 0.268 e. The number of amides is 2. The van der Waals surface area contributed by atoms with Crippen LogP contribution in [0.2, 0.25) is 0 Å². The number of benzene rings is 1. The van der Waals surface area contributed by atoms with Crippen LogP contribution in [0.25, 0.3) is 10.9 Å². The molecule has 2 heterocycles. The van der Waals surface area contributed by atoms with Gasteiger partial charge in [-0.3, -0.25) is 9.59 Å². The predicted octanol–water partition coefficient (Wildman–Crippen LogP) is 3.94. The zero-order chi connectivity index (χ0) is 19.8. The molecule has 1 aliphatic rings. The van der Waals surface area contributed by atoms with Crippen molar-refractivity contribution in [3.63, 3.8) is 0 Å². The van der Waals surface area contributed by atoms with Gasteiger partial charge in [-0.15, -0.1) is 0 Å².